The lowest BCUT2D eigenvalue weighted by Gasteiger charge is -2.40. The summed E-state index contributed by atoms with van der Waals surface area (Å²) in [6.45, 7) is 1.94. The third-order valence-electron chi connectivity index (χ3n) is 5.10. The Morgan fingerprint density at radius 3 is 2.48 bits per heavy atom. The number of benzene rings is 2. The van der Waals surface area contributed by atoms with Gasteiger partial charge in [-0.05, 0) is 35.8 Å². The molecule has 27 heavy (non-hydrogen) atoms. The molecule has 0 radical (unpaired) electrons. The summed E-state index contributed by atoms with van der Waals surface area (Å²) >= 11 is 0. The number of hydrogen-bond donors (Lipinski definition) is 0. The SMILES string of the molecule is CC[C@]1(c2ccccc2)C(=O)OC(C(=O)OC)=C[C@H]1c1cccc(OC)c1. The summed E-state index contributed by atoms with van der Waals surface area (Å²) in [6, 6.07) is 17.0. The van der Waals surface area contributed by atoms with Crippen molar-refractivity contribution in [3.05, 3.63) is 77.6 Å². The molecule has 0 spiro atoms. The van der Waals surface area contributed by atoms with Gasteiger partial charge in [-0.15, -0.1) is 0 Å². The van der Waals surface area contributed by atoms with Crippen molar-refractivity contribution in [2.45, 2.75) is 24.7 Å². The summed E-state index contributed by atoms with van der Waals surface area (Å²) in [5.74, 6) is -0.955. The van der Waals surface area contributed by atoms with E-state index in [0.717, 1.165) is 11.1 Å². The van der Waals surface area contributed by atoms with Gasteiger partial charge in [0.1, 0.15) is 11.2 Å². The Bertz CT molecular complexity index is 871. The van der Waals surface area contributed by atoms with Crippen LogP contribution in [0.15, 0.2) is 66.4 Å². The molecule has 0 saturated heterocycles. The first-order chi connectivity index (χ1) is 13.1. The first-order valence-electron chi connectivity index (χ1n) is 8.78. The highest BCUT2D eigenvalue weighted by atomic mass is 16.6. The summed E-state index contributed by atoms with van der Waals surface area (Å²) < 4.78 is 15.5. The zero-order chi connectivity index (χ0) is 19.4. The molecule has 5 nitrogen and oxygen atoms in total. The minimum Gasteiger partial charge on any atom is -0.497 e. The van der Waals surface area contributed by atoms with E-state index in [9.17, 15) is 9.59 Å². The van der Waals surface area contributed by atoms with Gasteiger partial charge < -0.3 is 14.2 Å². The van der Waals surface area contributed by atoms with Crippen molar-refractivity contribution in [1.82, 2.24) is 0 Å². The average Bonchev–Trinajstić information content (AvgIpc) is 2.73. The van der Waals surface area contributed by atoms with E-state index < -0.39 is 23.3 Å². The van der Waals surface area contributed by atoms with Gasteiger partial charge in [-0.1, -0.05) is 49.4 Å². The van der Waals surface area contributed by atoms with Crippen molar-refractivity contribution in [3.63, 3.8) is 0 Å². The second kappa shape index (κ2) is 7.66. The number of allylic oxidation sites excluding steroid dienone is 1. The number of carbonyl (C=O) groups excluding carboxylic acids is 2. The van der Waals surface area contributed by atoms with E-state index in [1.54, 1.807) is 13.2 Å². The number of methoxy groups -OCH3 is 2. The van der Waals surface area contributed by atoms with Gasteiger partial charge >= 0.3 is 11.9 Å². The molecular formula is C22H22O5. The molecule has 0 aromatic heterocycles. The predicted molar refractivity (Wildman–Crippen MR) is 100 cm³/mol. The molecule has 0 fully saturated rings. The lowest BCUT2D eigenvalue weighted by molar-refractivity contribution is -0.156. The van der Waals surface area contributed by atoms with Crippen LogP contribution in [0.25, 0.3) is 0 Å². The van der Waals surface area contributed by atoms with Crippen LogP contribution in [-0.4, -0.2) is 26.2 Å². The molecule has 0 aliphatic carbocycles. The van der Waals surface area contributed by atoms with Gasteiger partial charge in [-0.3, -0.25) is 4.79 Å². The van der Waals surface area contributed by atoms with E-state index in [4.69, 9.17) is 14.2 Å². The Balaban J connectivity index is 2.24. The van der Waals surface area contributed by atoms with Crippen molar-refractivity contribution >= 4 is 11.9 Å². The Labute approximate surface area is 158 Å². The van der Waals surface area contributed by atoms with Crippen LogP contribution in [0.3, 0.4) is 0 Å². The first-order valence-corrected chi connectivity index (χ1v) is 8.78. The fourth-order valence-electron chi connectivity index (χ4n) is 3.67. The molecular weight excluding hydrogens is 344 g/mol. The molecule has 0 N–H and O–H groups in total. The quantitative estimate of drug-likeness (QED) is 0.755. The molecule has 0 unspecified atom stereocenters. The van der Waals surface area contributed by atoms with Crippen LogP contribution in [-0.2, 0) is 24.5 Å². The third-order valence-corrected chi connectivity index (χ3v) is 5.10. The van der Waals surface area contributed by atoms with Crippen molar-refractivity contribution in [2.75, 3.05) is 14.2 Å². The maximum absolute atomic E-state index is 13.2. The first kappa shape index (κ1) is 18.7. The maximum Gasteiger partial charge on any atom is 0.373 e. The van der Waals surface area contributed by atoms with Crippen molar-refractivity contribution in [1.29, 1.82) is 0 Å². The summed E-state index contributed by atoms with van der Waals surface area (Å²) in [7, 11) is 2.85. The van der Waals surface area contributed by atoms with Gasteiger partial charge in [0, 0.05) is 5.92 Å². The van der Waals surface area contributed by atoms with E-state index in [0.29, 0.717) is 12.2 Å². The van der Waals surface area contributed by atoms with Crippen LogP contribution < -0.4 is 4.74 Å². The molecule has 0 bridgehead atoms. The van der Waals surface area contributed by atoms with Gasteiger partial charge in [-0.25, -0.2) is 4.79 Å². The van der Waals surface area contributed by atoms with Crippen molar-refractivity contribution in [3.8, 4) is 5.75 Å². The van der Waals surface area contributed by atoms with Gasteiger partial charge in [0.2, 0.25) is 5.76 Å². The molecule has 0 saturated carbocycles. The molecule has 1 heterocycles. The third kappa shape index (κ3) is 3.21. The normalized spacial score (nSPS) is 21.8. The van der Waals surface area contributed by atoms with Crippen LogP contribution >= 0.6 is 0 Å². The Kier molecular flexibility index (Phi) is 5.31. The number of rotatable bonds is 5. The van der Waals surface area contributed by atoms with Gasteiger partial charge in [-0.2, -0.15) is 0 Å². The van der Waals surface area contributed by atoms with Crippen LogP contribution in [0.1, 0.15) is 30.4 Å². The second-order valence-electron chi connectivity index (χ2n) is 6.36. The number of esters is 2. The minimum atomic E-state index is -0.953. The second-order valence-corrected chi connectivity index (χ2v) is 6.36. The molecule has 1 aliphatic rings. The molecule has 3 rings (SSSR count). The summed E-state index contributed by atoms with van der Waals surface area (Å²) in [6.07, 6.45) is 2.18. The topological polar surface area (TPSA) is 61.8 Å². The smallest absolute Gasteiger partial charge is 0.373 e. The fourth-order valence-corrected chi connectivity index (χ4v) is 3.67. The van der Waals surface area contributed by atoms with Gasteiger partial charge in [0.25, 0.3) is 0 Å². The lowest BCUT2D eigenvalue weighted by Crippen LogP contribution is -2.45. The highest BCUT2D eigenvalue weighted by Crippen LogP contribution is 2.48. The summed E-state index contributed by atoms with van der Waals surface area (Å²) in [5, 5.41) is 0. The zero-order valence-electron chi connectivity index (χ0n) is 15.6. The molecule has 5 heteroatoms. The molecule has 1 aliphatic heterocycles. The average molecular weight is 366 g/mol. The van der Waals surface area contributed by atoms with Crippen LogP contribution in [0.2, 0.25) is 0 Å². The highest BCUT2D eigenvalue weighted by Gasteiger charge is 2.51. The number of cyclic esters (lactones) is 1. The molecule has 140 valence electrons. The standard InChI is InChI=1S/C22H22O5/c1-4-22(16-10-6-5-7-11-16)18(15-9-8-12-17(13-15)25-2)14-19(20(23)26-3)27-21(22)24/h5-14,18H,4H2,1-3H3/t18-,22+/m0/s1. The monoisotopic (exact) mass is 366 g/mol. The van der Waals surface area contributed by atoms with Crippen molar-refractivity contribution in [2.24, 2.45) is 0 Å². The van der Waals surface area contributed by atoms with E-state index in [2.05, 4.69) is 0 Å². The van der Waals surface area contributed by atoms with E-state index >= 15 is 0 Å². The molecule has 2 aromatic rings. The molecule has 2 aromatic carbocycles. The summed E-state index contributed by atoms with van der Waals surface area (Å²) in [4.78, 5) is 25.3. The van der Waals surface area contributed by atoms with Crippen LogP contribution in [0.5, 0.6) is 5.75 Å². The number of carbonyl (C=O) groups is 2. The van der Waals surface area contributed by atoms with Crippen LogP contribution in [0, 0.1) is 0 Å². The predicted octanol–water partition coefficient (Wildman–Crippen LogP) is 3.74. The van der Waals surface area contributed by atoms with Gasteiger partial charge in [0.15, 0.2) is 0 Å². The minimum absolute atomic E-state index is 0.0877. The van der Waals surface area contributed by atoms with Gasteiger partial charge in [0.05, 0.1) is 14.2 Å². The zero-order valence-corrected chi connectivity index (χ0v) is 15.6. The van der Waals surface area contributed by atoms with Crippen molar-refractivity contribution < 1.29 is 23.8 Å². The Hall–Kier alpha value is -3.08. The maximum atomic E-state index is 13.2. The largest absolute Gasteiger partial charge is 0.497 e. The molecule has 0 amide bonds. The van der Waals surface area contributed by atoms with E-state index in [1.165, 1.54) is 7.11 Å². The Morgan fingerprint density at radius 1 is 1.11 bits per heavy atom. The van der Waals surface area contributed by atoms with Crippen LogP contribution in [0.4, 0.5) is 0 Å². The number of ether oxygens (including phenoxy) is 3. The fraction of sp³-hybridized carbons (Fsp3) is 0.273. The summed E-state index contributed by atoms with van der Waals surface area (Å²) in [5.41, 5.74) is 0.745. The highest BCUT2D eigenvalue weighted by molar-refractivity contribution is 5.95. The number of hydrogen-bond acceptors (Lipinski definition) is 5. The van der Waals surface area contributed by atoms with E-state index in [-0.39, 0.29) is 5.76 Å². The molecule has 2 atom stereocenters. The van der Waals surface area contributed by atoms with E-state index in [1.807, 2.05) is 61.5 Å². The Morgan fingerprint density at radius 2 is 1.85 bits per heavy atom. The lowest BCUT2D eigenvalue weighted by atomic mass is 9.64.